The lowest BCUT2D eigenvalue weighted by Gasteiger charge is -2.29. The van der Waals surface area contributed by atoms with E-state index in [0.29, 0.717) is 11.2 Å². The molecule has 0 spiro atoms. The molecule has 0 bridgehead atoms. The van der Waals surface area contributed by atoms with Gasteiger partial charge in [0.15, 0.2) is 5.11 Å². The summed E-state index contributed by atoms with van der Waals surface area (Å²) >= 11 is 5.92. The van der Waals surface area contributed by atoms with Crippen molar-refractivity contribution < 1.29 is 4.74 Å². The first-order valence-electron chi connectivity index (χ1n) is 12.7. The standard InChI is InChI=1S/C30H30N4OS/c1-21-11-13-22(14-12-21)33-20-6-10-27(33)29-28(26-9-4-5-19-31-26)32-30(36)34(29)23-15-17-25(18-16-23)35-24-7-2-3-8-24/h4-6,9-20,24,28-29H,2-3,7-8H2,1H3,(H,32,36)/t28-,29+/m1/s1. The molecule has 0 unspecified atom stereocenters. The maximum atomic E-state index is 6.21. The average Bonchev–Trinajstić information content (AvgIpc) is 3.66. The van der Waals surface area contributed by atoms with Crippen LogP contribution in [0.2, 0.25) is 0 Å². The van der Waals surface area contributed by atoms with Crippen LogP contribution < -0.4 is 15.0 Å². The van der Waals surface area contributed by atoms with E-state index in [1.54, 1.807) is 0 Å². The predicted molar refractivity (Wildman–Crippen MR) is 148 cm³/mol. The number of anilines is 1. The van der Waals surface area contributed by atoms with Gasteiger partial charge < -0.3 is 19.5 Å². The Morgan fingerprint density at radius 1 is 0.889 bits per heavy atom. The number of nitrogens with zero attached hydrogens (tertiary/aromatic N) is 3. The summed E-state index contributed by atoms with van der Waals surface area (Å²) in [6, 6.07) is 27.1. The number of thiocarbonyl (C=S) groups is 1. The fourth-order valence-corrected chi connectivity index (χ4v) is 5.74. The molecule has 1 aliphatic carbocycles. The van der Waals surface area contributed by atoms with E-state index in [1.807, 2.05) is 18.3 Å². The molecule has 4 aromatic rings. The van der Waals surface area contributed by atoms with E-state index in [2.05, 4.69) is 94.6 Å². The molecule has 0 radical (unpaired) electrons. The van der Waals surface area contributed by atoms with Crippen molar-refractivity contribution in [3.8, 4) is 11.4 Å². The van der Waals surface area contributed by atoms with Crippen LogP contribution in [-0.2, 0) is 0 Å². The number of aromatic nitrogens is 2. The Kier molecular flexibility index (Phi) is 6.20. The van der Waals surface area contributed by atoms with Gasteiger partial charge >= 0.3 is 0 Å². The first-order chi connectivity index (χ1) is 17.7. The number of ether oxygens (including phenoxy) is 1. The fraction of sp³-hybridized carbons (Fsp3) is 0.267. The van der Waals surface area contributed by atoms with E-state index in [-0.39, 0.29) is 12.1 Å². The Labute approximate surface area is 217 Å². The summed E-state index contributed by atoms with van der Waals surface area (Å²) in [7, 11) is 0. The van der Waals surface area contributed by atoms with Crippen LogP contribution >= 0.6 is 12.2 Å². The second-order valence-electron chi connectivity index (χ2n) is 9.65. The molecule has 6 heteroatoms. The van der Waals surface area contributed by atoms with Crippen LogP contribution in [0.5, 0.6) is 5.75 Å². The normalized spacial score (nSPS) is 20.0. The molecule has 2 atom stereocenters. The van der Waals surface area contributed by atoms with Crippen molar-refractivity contribution in [2.45, 2.75) is 50.8 Å². The number of aryl methyl sites for hydroxylation is 1. The van der Waals surface area contributed by atoms with Crippen molar-refractivity contribution in [2.24, 2.45) is 0 Å². The van der Waals surface area contributed by atoms with Gasteiger partial charge in [0.05, 0.1) is 17.8 Å². The number of hydrogen-bond donors (Lipinski definition) is 1. The van der Waals surface area contributed by atoms with Crippen LogP contribution in [-0.4, -0.2) is 20.8 Å². The molecule has 1 aliphatic heterocycles. The molecule has 5 nitrogen and oxygen atoms in total. The second kappa shape index (κ2) is 9.78. The van der Waals surface area contributed by atoms with E-state index in [1.165, 1.54) is 18.4 Å². The first kappa shape index (κ1) is 22.8. The minimum absolute atomic E-state index is 0.0784. The molecule has 2 aromatic heterocycles. The summed E-state index contributed by atoms with van der Waals surface area (Å²) in [6.07, 6.45) is 9.10. The maximum Gasteiger partial charge on any atom is 0.174 e. The van der Waals surface area contributed by atoms with Crippen LogP contribution in [0, 0.1) is 6.92 Å². The number of benzene rings is 2. The second-order valence-corrected chi connectivity index (χ2v) is 10.0. The number of hydrogen-bond acceptors (Lipinski definition) is 3. The summed E-state index contributed by atoms with van der Waals surface area (Å²) in [5.41, 5.74) is 5.51. The van der Waals surface area contributed by atoms with Crippen molar-refractivity contribution in [1.29, 1.82) is 0 Å². The monoisotopic (exact) mass is 494 g/mol. The Balaban J connectivity index is 1.39. The van der Waals surface area contributed by atoms with Gasteiger partial charge in [0.1, 0.15) is 11.8 Å². The molecule has 36 heavy (non-hydrogen) atoms. The van der Waals surface area contributed by atoms with Gasteiger partial charge in [-0.15, -0.1) is 0 Å². The molecular weight excluding hydrogens is 464 g/mol. The van der Waals surface area contributed by atoms with E-state index in [4.69, 9.17) is 21.9 Å². The molecule has 182 valence electrons. The third-order valence-corrected chi connectivity index (χ3v) is 7.53. The Morgan fingerprint density at radius 2 is 1.64 bits per heavy atom. The van der Waals surface area contributed by atoms with E-state index < -0.39 is 0 Å². The van der Waals surface area contributed by atoms with Gasteiger partial charge in [-0.2, -0.15) is 0 Å². The van der Waals surface area contributed by atoms with Crippen LogP contribution in [0.25, 0.3) is 5.69 Å². The topological polar surface area (TPSA) is 42.3 Å². The number of nitrogens with one attached hydrogen (secondary N) is 1. The van der Waals surface area contributed by atoms with Crippen molar-refractivity contribution in [2.75, 3.05) is 4.90 Å². The first-order valence-corrected chi connectivity index (χ1v) is 13.1. The highest BCUT2D eigenvalue weighted by Crippen LogP contribution is 2.42. The molecular formula is C30H30N4OS. The lowest BCUT2D eigenvalue weighted by Crippen LogP contribution is -2.30. The molecule has 2 aliphatic rings. The summed E-state index contributed by atoms with van der Waals surface area (Å²) in [6.45, 7) is 2.11. The van der Waals surface area contributed by atoms with Crippen LogP contribution in [0.15, 0.2) is 91.3 Å². The zero-order valence-electron chi connectivity index (χ0n) is 20.4. The summed E-state index contributed by atoms with van der Waals surface area (Å²) in [4.78, 5) is 6.91. The summed E-state index contributed by atoms with van der Waals surface area (Å²) < 4.78 is 8.47. The third kappa shape index (κ3) is 4.37. The maximum absolute atomic E-state index is 6.21. The van der Waals surface area contributed by atoms with Gasteiger partial charge in [0.25, 0.3) is 0 Å². The zero-order valence-corrected chi connectivity index (χ0v) is 21.2. The molecule has 1 saturated carbocycles. The molecule has 6 rings (SSSR count). The highest BCUT2D eigenvalue weighted by Gasteiger charge is 2.42. The van der Waals surface area contributed by atoms with Crippen molar-refractivity contribution in [1.82, 2.24) is 14.9 Å². The van der Waals surface area contributed by atoms with Crippen molar-refractivity contribution in [3.63, 3.8) is 0 Å². The lowest BCUT2D eigenvalue weighted by atomic mass is 10.0. The average molecular weight is 495 g/mol. The van der Waals surface area contributed by atoms with Crippen LogP contribution in [0.1, 0.15) is 54.7 Å². The van der Waals surface area contributed by atoms with E-state index in [9.17, 15) is 0 Å². The third-order valence-electron chi connectivity index (χ3n) is 7.21. The molecule has 3 heterocycles. The molecule has 1 N–H and O–H groups in total. The minimum Gasteiger partial charge on any atom is -0.490 e. The van der Waals surface area contributed by atoms with Crippen LogP contribution in [0.3, 0.4) is 0 Å². The summed E-state index contributed by atoms with van der Waals surface area (Å²) in [5.74, 6) is 0.921. The van der Waals surface area contributed by atoms with Gasteiger partial charge in [0, 0.05) is 29.5 Å². The van der Waals surface area contributed by atoms with Gasteiger partial charge in [-0.3, -0.25) is 4.98 Å². The molecule has 2 fully saturated rings. The van der Waals surface area contributed by atoms with Crippen molar-refractivity contribution >= 4 is 23.0 Å². The van der Waals surface area contributed by atoms with E-state index in [0.717, 1.165) is 41.4 Å². The van der Waals surface area contributed by atoms with Crippen LogP contribution in [0.4, 0.5) is 5.69 Å². The minimum atomic E-state index is -0.0905. The van der Waals surface area contributed by atoms with Crippen molar-refractivity contribution in [3.05, 3.63) is 108 Å². The largest absolute Gasteiger partial charge is 0.490 e. The Morgan fingerprint density at radius 3 is 2.36 bits per heavy atom. The number of pyridine rings is 1. The Bertz CT molecular complexity index is 1330. The Hall–Kier alpha value is -3.64. The highest BCUT2D eigenvalue weighted by atomic mass is 32.1. The molecule has 0 amide bonds. The lowest BCUT2D eigenvalue weighted by molar-refractivity contribution is 0.210. The van der Waals surface area contributed by atoms with Gasteiger partial charge in [-0.05, 0) is 105 Å². The van der Waals surface area contributed by atoms with E-state index >= 15 is 0 Å². The van der Waals surface area contributed by atoms with Gasteiger partial charge in [-0.1, -0.05) is 23.8 Å². The molecule has 2 aromatic carbocycles. The summed E-state index contributed by atoms with van der Waals surface area (Å²) in [5, 5.41) is 4.26. The van der Waals surface area contributed by atoms with Gasteiger partial charge in [0.2, 0.25) is 0 Å². The quantitative estimate of drug-likeness (QED) is 0.303. The van der Waals surface area contributed by atoms with Gasteiger partial charge in [-0.25, -0.2) is 0 Å². The number of rotatable bonds is 6. The molecule has 1 saturated heterocycles. The highest BCUT2D eigenvalue weighted by molar-refractivity contribution is 7.80. The smallest absolute Gasteiger partial charge is 0.174 e. The predicted octanol–water partition coefficient (Wildman–Crippen LogP) is 6.68. The zero-order chi connectivity index (χ0) is 24.5. The SMILES string of the molecule is Cc1ccc(-n2cccc2[C@H]2[C@@H](c3ccccn3)NC(=S)N2c2ccc(OC3CCCC3)cc2)cc1. The fourth-order valence-electron chi connectivity index (χ4n) is 5.39.